The van der Waals surface area contributed by atoms with E-state index in [2.05, 4.69) is 15.0 Å². The molecule has 0 saturated carbocycles. The first-order valence-corrected chi connectivity index (χ1v) is 6.31. The van der Waals surface area contributed by atoms with Gasteiger partial charge in [0.15, 0.2) is 5.16 Å². The Bertz CT molecular complexity index is 588. The van der Waals surface area contributed by atoms with Gasteiger partial charge in [0, 0.05) is 12.4 Å². The van der Waals surface area contributed by atoms with Crippen molar-refractivity contribution in [1.29, 1.82) is 0 Å². The molecular formula is C10H7ClF3N3S. The highest BCUT2D eigenvalue weighted by molar-refractivity contribution is 7.99. The zero-order valence-electron chi connectivity index (χ0n) is 9.12. The first-order chi connectivity index (χ1) is 8.43. The minimum absolute atomic E-state index is 0.0361. The van der Waals surface area contributed by atoms with E-state index >= 15 is 0 Å². The van der Waals surface area contributed by atoms with Crippen LogP contribution in [0.25, 0.3) is 10.9 Å². The average molecular weight is 294 g/mol. The molecule has 2 aromatic rings. The molecule has 0 aromatic carbocycles. The zero-order chi connectivity index (χ0) is 13.3. The molecule has 0 saturated heterocycles. The fourth-order valence-corrected chi connectivity index (χ4v) is 2.11. The number of rotatable bonds is 2. The van der Waals surface area contributed by atoms with Crippen LogP contribution in [0.2, 0.25) is 5.15 Å². The van der Waals surface area contributed by atoms with Gasteiger partial charge in [0.2, 0.25) is 0 Å². The molecule has 3 nitrogen and oxygen atoms in total. The maximum atomic E-state index is 12.8. The van der Waals surface area contributed by atoms with Crippen LogP contribution >= 0.6 is 23.4 Å². The van der Waals surface area contributed by atoms with E-state index in [-0.39, 0.29) is 21.2 Å². The molecule has 8 heteroatoms. The molecule has 0 aliphatic rings. The van der Waals surface area contributed by atoms with Crippen molar-refractivity contribution in [2.24, 2.45) is 0 Å². The highest BCUT2D eigenvalue weighted by Gasteiger charge is 2.34. The Kier molecular flexibility index (Phi) is 3.63. The zero-order valence-corrected chi connectivity index (χ0v) is 10.7. The number of halogens is 4. The van der Waals surface area contributed by atoms with E-state index in [9.17, 15) is 13.2 Å². The van der Waals surface area contributed by atoms with Crippen molar-refractivity contribution in [3.63, 3.8) is 0 Å². The van der Waals surface area contributed by atoms with Crippen LogP contribution in [0, 0.1) is 0 Å². The largest absolute Gasteiger partial charge is 0.419 e. The second-order valence-corrected chi connectivity index (χ2v) is 4.90. The van der Waals surface area contributed by atoms with Gasteiger partial charge < -0.3 is 0 Å². The van der Waals surface area contributed by atoms with Crippen molar-refractivity contribution < 1.29 is 13.2 Å². The Morgan fingerprint density at radius 2 is 2.00 bits per heavy atom. The van der Waals surface area contributed by atoms with Crippen molar-refractivity contribution in [1.82, 2.24) is 15.0 Å². The fraction of sp³-hybridized carbons (Fsp3) is 0.300. The summed E-state index contributed by atoms with van der Waals surface area (Å²) in [7, 11) is 0. The highest BCUT2D eigenvalue weighted by Crippen LogP contribution is 2.35. The van der Waals surface area contributed by atoms with E-state index in [1.165, 1.54) is 18.0 Å². The van der Waals surface area contributed by atoms with Crippen LogP contribution in [0.5, 0.6) is 0 Å². The quantitative estimate of drug-likeness (QED) is 0.479. The van der Waals surface area contributed by atoms with Gasteiger partial charge in [-0.3, -0.25) is 0 Å². The number of aromatic nitrogens is 3. The summed E-state index contributed by atoms with van der Waals surface area (Å²) in [5, 5.41) is 0.357. The second kappa shape index (κ2) is 4.89. The molecule has 0 N–H and O–H groups in total. The lowest BCUT2D eigenvalue weighted by molar-refractivity contribution is -0.136. The normalized spacial score (nSPS) is 12.1. The summed E-state index contributed by atoms with van der Waals surface area (Å²) in [5.74, 6) is 0.672. The lowest BCUT2D eigenvalue weighted by Gasteiger charge is -2.10. The summed E-state index contributed by atoms with van der Waals surface area (Å²) in [6.07, 6.45) is -2.55. The Morgan fingerprint density at radius 1 is 1.28 bits per heavy atom. The van der Waals surface area contributed by atoms with Crippen molar-refractivity contribution >= 4 is 34.3 Å². The number of nitrogens with zero attached hydrogens (tertiary/aromatic N) is 3. The summed E-state index contributed by atoms with van der Waals surface area (Å²) < 4.78 is 38.5. The smallest absolute Gasteiger partial charge is 0.243 e. The third-order valence-corrected chi connectivity index (χ3v) is 3.17. The van der Waals surface area contributed by atoms with Crippen molar-refractivity contribution in [3.05, 3.63) is 23.1 Å². The Morgan fingerprint density at radius 3 is 2.61 bits per heavy atom. The van der Waals surface area contributed by atoms with Gasteiger partial charge in [0.25, 0.3) is 0 Å². The number of thioether (sulfide) groups is 1. The molecule has 0 amide bonds. The first-order valence-electron chi connectivity index (χ1n) is 4.94. The summed E-state index contributed by atoms with van der Waals surface area (Å²) in [4.78, 5) is 11.3. The van der Waals surface area contributed by atoms with Gasteiger partial charge in [-0.25, -0.2) is 15.0 Å². The van der Waals surface area contributed by atoms with Crippen LogP contribution < -0.4 is 0 Å². The van der Waals surface area contributed by atoms with Gasteiger partial charge in [0.1, 0.15) is 10.7 Å². The maximum absolute atomic E-state index is 12.8. The summed E-state index contributed by atoms with van der Waals surface area (Å²) in [5.41, 5.74) is -1.12. The lowest BCUT2D eigenvalue weighted by atomic mass is 10.2. The van der Waals surface area contributed by atoms with Gasteiger partial charge in [0.05, 0.1) is 10.9 Å². The number of hydrogen-bond acceptors (Lipinski definition) is 4. The first kappa shape index (κ1) is 13.4. The Balaban J connectivity index is 2.72. The molecule has 0 radical (unpaired) electrons. The molecule has 0 unspecified atom stereocenters. The Labute approximate surface area is 110 Å². The van der Waals surface area contributed by atoms with Gasteiger partial charge in [-0.05, 0) is 5.75 Å². The van der Waals surface area contributed by atoms with Crippen molar-refractivity contribution in [3.8, 4) is 0 Å². The molecule has 96 valence electrons. The molecule has 2 heterocycles. The molecule has 18 heavy (non-hydrogen) atoms. The topological polar surface area (TPSA) is 38.7 Å². The number of alkyl halides is 3. The predicted molar refractivity (Wildman–Crippen MR) is 63.7 cm³/mol. The van der Waals surface area contributed by atoms with Gasteiger partial charge >= 0.3 is 6.18 Å². The molecule has 0 spiro atoms. The molecule has 0 aliphatic heterocycles. The van der Waals surface area contributed by atoms with Crippen LogP contribution in [0.3, 0.4) is 0 Å². The van der Waals surface area contributed by atoms with E-state index in [0.29, 0.717) is 11.9 Å². The van der Waals surface area contributed by atoms with Crippen LogP contribution in [0.1, 0.15) is 12.5 Å². The Hall–Kier alpha value is -1.08. The number of hydrogen-bond donors (Lipinski definition) is 0. The average Bonchev–Trinajstić information content (AvgIpc) is 2.28. The molecule has 0 fully saturated rings. The standard InChI is InChI=1S/C10H7ClF3N3S/c1-2-18-9-16-3-5-7(17-9)6(10(12,13)14)4-15-8(5)11/h3-4H,2H2,1H3. The third-order valence-electron chi connectivity index (χ3n) is 2.13. The monoisotopic (exact) mass is 293 g/mol. The lowest BCUT2D eigenvalue weighted by Crippen LogP contribution is -2.08. The SMILES string of the molecule is CCSc1ncc2c(Cl)ncc(C(F)(F)F)c2n1. The molecule has 0 aliphatic carbocycles. The number of fused-ring (bicyclic) bond motifs is 1. The fourth-order valence-electron chi connectivity index (χ4n) is 1.38. The van der Waals surface area contributed by atoms with Gasteiger partial charge in [-0.1, -0.05) is 30.3 Å². The summed E-state index contributed by atoms with van der Waals surface area (Å²) >= 11 is 7.01. The minimum atomic E-state index is -4.52. The second-order valence-electron chi connectivity index (χ2n) is 3.31. The van der Waals surface area contributed by atoms with E-state index in [0.717, 1.165) is 0 Å². The highest BCUT2D eigenvalue weighted by atomic mass is 35.5. The van der Waals surface area contributed by atoms with Crippen LogP contribution in [0.15, 0.2) is 17.6 Å². The predicted octanol–water partition coefficient (Wildman–Crippen LogP) is 3.81. The van der Waals surface area contributed by atoms with Gasteiger partial charge in [-0.2, -0.15) is 13.2 Å². The minimum Gasteiger partial charge on any atom is -0.243 e. The van der Waals surface area contributed by atoms with E-state index in [4.69, 9.17) is 11.6 Å². The summed E-state index contributed by atoms with van der Waals surface area (Å²) in [6.45, 7) is 1.86. The van der Waals surface area contributed by atoms with Crippen LogP contribution in [-0.4, -0.2) is 20.7 Å². The molecular weight excluding hydrogens is 287 g/mol. The van der Waals surface area contributed by atoms with Crippen molar-refractivity contribution in [2.75, 3.05) is 5.75 Å². The number of pyridine rings is 1. The van der Waals surface area contributed by atoms with E-state index < -0.39 is 11.7 Å². The van der Waals surface area contributed by atoms with Gasteiger partial charge in [-0.15, -0.1) is 0 Å². The molecule has 2 aromatic heterocycles. The van der Waals surface area contributed by atoms with E-state index in [1.807, 2.05) is 6.92 Å². The van der Waals surface area contributed by atoms with E-state index in [1.54, 1.807) is 0 Å². The molecule has 0 bridgehead atoms. The third kappa shape index (κ3) is 2.51. The summed E-state index contributed by atoms with van der Waals surface area (Å²) in [6, 6.07) is 0. The van der Waals surface area contributed by atoms with Crippen molar-refractivity contribution in [2.45, 2.75) is 18.3 Å². The van der Waals surface area contributed by atoms with Crippen LogP contribution in [0.4, 0.5) is 13.2 Å². The van der Waals surface area contributed by atoms with Crippen LogP contribution in [-0.2, 0) is 6.18 Å². The molecule has 0 atom stereocenters. The molecule has 2 rings (SSSR count). The maximum Gasteiger partial charge on any atom is 0.419 e.